The highest BCUT2D eigenvalue weighted by Gasteiger charge is 2.33. The molecule has 2 atom stereocenters. The van der Waals surface area contributed by atoms with E-state index in [-0.39, 0.29) is 24.0 Å². The molecule has 2 unspecified atom stereocenters. The average molecular weight is 432 g/mol. The highest BCUT2D eigenvalue weighted by atomic mass is 127. The third-order valence-corrected chi connectivity index (χ3v) is 4.32. The topological polar surface area (TPSA) is 62.5 Å². The zero-order valence-electron chi connectivity index (χ0n) is 12.7. The molecule has 1 saturated carbocycles. The van der Waals surface area contributed by atoms with Crippen molar-refractivity contribution in [3.63, 3.8) is 0 Å². The van der Waals surface area contributed by atoms with Crippen LogP contribution in [0, 0.1) is 5.92 Å². The molecular weight excluding hydrogens is 411 g/mol. The van der Waals surface area contributed by atoms with Gasteiger partial charge < -0.3 is 15.1 Å². The van der Waals surface area contributed by atoms with E-state index in [2.05, 4.69) is 34.5 Å². The van der Waals surface area contributed by atoms with Crippen LogP contribution in [0.15, 0.2) is 33.2 Å². The number of nitrogens with zero attached hydrogens (tertiary/aromatic N) is 2. The number of aliphatic imine (C=N–C) groups is 1. The lowest BCUT2D eigenvalue weighted by molar-refractivity contribution is 0.574. The lowest BCUT2D eigenvalue weighted by atomic mass is 10.4. The number of halogens is 1. The van der Waals surface area contributed by atoms with Crippen LogP contribution in [0.5, 0.6) is 0 Å². The van der Waals surface area contributed by atoms with Crippen molar-refractivity contribution in [1.29, 1.82) is 0 Å². The summed E-state index contributed by atoms with van der Waals surface area (Å²) >= 11 is 1.62. The standard InChI is InChI=1S/C15H20N4OS.HI/c1-3-16-15(19-12-7-10(12)2)17-8-11-9-20-14(18-11)13-5-4-6-21-13;/h4-6,9-10,12H,3,7-8H2,1-2H3,(H2,16,17,19);1H. The van der Waals surface area contributed by atoms with Gasteiger partial charge in [0.05, 0.1) is 11.4 Å². The second-order valence-electron chi connectivity index (χ2n) is 5.28. The second-order valence-corrected chi connectivity index (χ2v) is 6.23. The van der Waals surface area contributed by atoms with Gasteiger partial charge in [-0.2, -0.15) is 0 Å². The van der Waals surface area contributed by atoms with Gasteiger partial charge in [-0.1, -0.05) is 13.0 Å². The first-order valence-electron chi connectivity index (χ1n) is 7.29. The number of hydrogen-bond acceptors (Lipinski definition) is 4. The van der Waals surface area contributed by atoms with Crippen molar-refractivity contribution in [2.24, 2.45) is 10.9 Å². The molecule has 2 aromatic heterocycles. The first kappa shape index (κ1) is 17.3. The van der Waals surface area contributed by atoms with E-state index in [1.54, 1.807) is 17.6 Å². The molecule has 2 heterocycles. The average Bonchev–Trinajstić information content (AvgIpc) is 2.95. The summed E-state index contributed by atoms with van der Waals surface area (Å²) in [6, 6.07) is 4.55. The van der Waals surface area contributed by atoms with Crippen molar-refractivity contribution >= 4 is 41.3 Å². The third-order valence-electron chi connectivity index (χ3n) is 3.46. The molecule has 22 heavy (non-hydrogen) atoms. The molecule has 7 heteroatoms. The molecule has 0 aromatic carbocycles. The Bertz CT molecular complexity index is 611. The zero-order valence-corrected chi connectivity index (χ0v) is 15.9. The summed E-state index contributed by atoms with van der Waals surface area (Å²) in [6.45, 7) is 5.68. The van der Waals surface area contributed by atoms with Gasteiger partial charge in [0.1, 0.15) is 12.0 Å². The second kappa shape index (κ2) is 7.96. The molecule has 3 rings (SSSR count). The van der Waals surface area contributed by atoms with Gasteiger partial charge in [0.15, 0.2) is 5.96 Å². The lowest BCUT2D eigenvalue weighted by Gasteiger charge is -2.09. The van der Waals surface area contributed by atoms with E-state index >= 15 is 0 Å². The summed E-state index contributed by atoms with van der Waals surface area (Å²) in [5, 5.41) is 8.71. The fraction of sp³-hybridized carbons (Fsp3) is 0.467. The Morgan fingerprint density at radius 3 is 3.00 bits per heavy atom. The molecule has 120 valence electrons. The molecule has 0 aliphatic heterocycles. The van der Waals surface area contributed by atoms with Crippen molar-refractivity contribution in [3.8, 4) is 10.8 Å². The van der Waals surface area contributed by atoms with Crippen LogP contribution in [0.25, 0.3) is 10.8 Å². The third kappa shape index (κ3) is 4.45. The maximum atomic E-state index is 5.50. The van der Waals surface area contributed by atoms with Crippen LogP contribution in [-0.2, 0) is 6.54 Å². The molecule has 1 aliphatic rings. The number of rotatable bonds is 5. The van der Waals surface area contributed by atoms with Gasteiger partial charge in [-0.15, -0.1) is 35.3 Å². The Hall–Kier alpha value is -1.09. The van der Waals surface area contributed by atoms with Crippen molar-refractivity contribution in [2.45, 2.75) is 32.9 Å². The van der Waals surface area contributed by atoms with Crippen molar-refractivity contribution < 1.29 is 4.42 Å². The van der Waals surface area contributed by atoms with Crippen molar-refractivity contribution in [2.75, 3.05) is 6.54 Å². The fourth-order valence-corrected chi connectivity index (χ4v) is 2.73. The van der Waals surface area contributed by atoms with Gasteiger partial charge >= 0.3 is 0 Å². The molecule has 0 radical (unpaired) electrons. The minimum absolute atomic E-state index is 0. The van der Waals surface area contributed by atoms with Gasteiger partial charge in [-0.3, -0.25) is 0 Å². The van der Waals surface area contributed by atoms with Crippen molar-refractivity contribution in [3.05, 3.63) is 29.5 Å². The summed E-state index contributed by atoms with van der Waals surface area (Å²) in [7, 11) is 0. The van der Waals surface area contributed by atoms with Crippen LogP contribution < -0.4 is 10.6 Å². The van der Waals surface area contributed by atoms with Crippen LogP contribution >= 0.6 is 35.3 Å². The van der Waals surface area contributed by atoms with E-state index in [0.29, 0.717) is 18.5 Å². The maximum Gasteiger partial charge on any atom is 0.236 e. The largest absolute Gasteiger partial charge is 0.443 e. The number of hydrogen-bond donors (Lipinski definition) is 2. The zero-order chi connectivity index (χ0) is 14.7. The number of guanidine groups is 1. The molecule has 0 amide bonds. The Labute approximate surface area is 151 Å². The summed E-state index contributed by atoms with van der Waals surface area (Å²) in [6.07, 6.45) is 2.90. The summed E-state index contributed by atoms with van der Waals surface area (Å²) in [5.74, 6) is 2.27. The molecule has 1 aliphatic carbocycles. The first-order chi connectivity index (χ1) is 10.3. The Kier molecular flexibility index (Phi) is 6.25. The quantitative estimate of drug-likeness (QED) is 0.432. The smallest absolute Gasteiger partial charge is 0.236 e. The Morgan fingerprint density at radius 2 is 2.36 bits per heavy atom. The van der Waals surface area contributed by atoms with E-state index in [0.717, 1.165) is 29.0 Å². The number of aromatic nitrogens is 1. The number of nitrogens with one attached hydrogen (secondary N) is 2. The summed E-state index contributed by atoms with van der Waals surface area (Å²) < 4.78 is 5.50. The van der Waals surface area contributed by atoms with E-state index in [1.165, 1.54) is 6.42 Å². The van der Waals surface area contributed by atoms with Crippen LogP contribution in [-0.4, -0.2) is 23.5 Å². The van der Waals surface area contributed by atoms with Gasteiger partial charge in [-0.25, -0.2) is 9.98 Å². The van der Waals surface area contributed by atoms with Crippen LogP contribution in [0.1, 0.15) is 26.0 Å². The normalized spacial score (nSPS) is 20.4. The highest BCUT2D eigenvalue weighted by Crippen LogP contribution is 2.28. The van der Waals surface area contributed by atoms with Gasteiger partial charge in [0, 0.05) is 12.6 Å². The fourth-order valence-electron chi connectivity index (χ4n) is 2.07. The Balaban J connectivity index is 0.00000176. The monoisotopic (exact) mass is 432 g/mol. The van der Waals surface area contributed by atoms with E-state index < -0.39 is 0 Å². The predicted octanol–water partition coefficient (Wildman–Crippen LogP) is 3.48. The summed E-state index contributed by atoms with van der Waals surface area (Å²) in [5.41, 5.74) is 0.847. The highest BCUT2D eigenvalue weighted by molar-refractivity contribution is 14.0. The van der Waals surface area contributed by atoms with Crippen LogP contribution in [0.2, 0.25) is 0 Å². The van der Waals surface area contributed by atoms with E-state index in [4.69, 9.17) is 4.42 Å². The molecule has 0 spiro atoms. The molecular formula is C15H21IN4OS. The van der Waals surface area contributed by atoms with Crippen LogP contribution in [0.3, 0.4) is 0 Å². The molecule has 0 saturated heterocycles. The molecule has 1 fully saturated rings. The van der Waals surface area contributed by atoms with E-state index in [9.17, 15) is 0 Å². The minimum atomic E-state index is 0. The number of thiophene rings is 1. The molecule has 5 nitrogen and oxygen atoms in total. The minimum Gasteiger partial charge on any atom is -0.443 e. The van der Waals surface area contributed by atoms with Gasteiger partial charge in [-0.05, 0) is 30.7 Å². The maximum absolute atomic E-state index is 5.50. The van der Waals surface area contributed by atoms with E-state index in [1.807, 2.05) is 17.5 Å². The molecule has 2 N–H and O–H groups in total. The molecule has 2 aromatic rings. The molecule has 0 bridgehead atoms. The summed E-state index contributed by atoms with van der Waals surface area (Å²) in [4.78, 5) is 10.1. The van der Waals surface area contributed by atoms with Gasteiger partial charge in [0.2, 0.25) is 5.89 Å². The lowest BCUT2D eigenvalue weighted by Crippen LogP contribution is -2.39. The van der Waals surface area contributed by atoms with Crippen LogP contribution in [0.4, 0.5) is 0 Å². The Morgan fingerprint density at radius 1 is 1.55 bits per heavy atom. The van der Waals surface area contributed by atoms with Gasteiger partial charge in [0.25, 0.3) is 0 Å². The first-order valence-corrected chi connectivity index (χ1v) is 8.17. The van der Waals surface area contributed by atoms with Crippen molar-refractivity contribution in [1.82, 2.24) is 15.6 Å². The SMILES string of the molecule is CCNC(=NCc1coc(-c2cccs2)n1)NC1CC1C.I. The number of oxazole rings is 1. The predicted molar refractivity (Wildman–Crippen MR) is 101 cm³/mol.